The van der Waals surface area contributed by atoms with E-state index in [1.807, 2.05) is 19.6 Å². The van der Waals surface area contributed by atoms with Gasteiger partial charge >= 0.3 is 0 Å². The second-order valence-corrected chi connectivity index (χ2v) is 4.93. The standard InChI is InChI=1S/C14H18N6/c1-4-11(5-2)20-9-16-13-14(20)18-12(7-15-13)10-6-17-19(3)8-10/h6-9,11H,4-5H2,1-3H3. The summed E-state index contributed by atoms with van der Waals surface area (Å²) in [5.41, 5.74) is 3.35. The Morgan fingerprint density at radius 1 is 1.15 bits per heavy atom. The van der Waals surface area contributed by atoms with Crippen molar-refractivity contribution in [1.29, 1.82) is 0 Å². The first-order chi connectivity index (χ1) is 9.72. The molecule has 0 aliphatic rings. The van der Waals surface area contributed by atoms with Crippen LogP contribution in [0.15, 0.2) is 24.9 Å². The van der Waals surface area contributed by atoms with Gasteiger partial charge in [0.05, 0.1) is 24.4 Å². The molecule has 0 radical (unpaired) electrons. The van der Waals surface area contributed by atoms with Gasteiger partial charge in [0, 0.05) is 24.8 Å². The highest BCUT2D eigenvalue weighted by Gasteiger charge is 2.14. The largest absolute Gasteiger partial charge is 0.311 e. The molecule has 0 saturated heterocycles. The second-order valence-electron chi connectivity index (χ2n) is 4.93. The van der Waals surface area contributed by atoms with E-state index in [9.17, 15) is 0 Å². The molecule has 3 rings (SSSR count). The van der Waals surface area contributed by atoms with E-state index in [2.05, 4.69) is 33.5 Å². The van der Waals surface area contributed by atoms with Crippen molar-refractivity contribution in [2.75, 3.05) is 0 Å². The lowest BCUT2D eigenvalue weighted by Gasteiger charge is -2.14. The van der Waals surface area contributed by atoms with Crippen molar-refractivity contribution in [2.24, 2.45) is 7.05 Å². The molecule has 0 fully saturated rings. The molecule has 0 aromatic carbocycles. The van der Waals surface area contributed by atoms with Gasteiger partial charge in [-0.05, 0) is 12.8 Å². The first kappa shape index (κ1) is 12.8. The molecule has 0 bridgehead atoms. The summed E-state index contributed by atoms with van der Waals surface area (Å²) in [6.07, 6.45) is 9.45. The molecule has 0 unspecified atom stereocenters. The van der Waals surface area contributed by atoms with Crippen LogP contribution in [0.4, 0.5) is 0 Å². The van der Waals surface area contributed by atoms with E-state index in [1.165, 1.54) is 0 Å². The Kier molecular flexibility index (Phi) is 3.22. The minimum Gasteiger partial charge on any atom is -0.311 e. The molecule has 20 heavy (non-hydrogen) atoms. The van der Waals surface area contributed by atoms with E-state index in [4.69, 9.17) is 4.98 Å². The summed E-state index contributed by atoms with van der Waals surface area (Å²) in [4.78, 5) is 13.5. The van der Waals surface area contributed by atoms with Gasteiger partial charge in [-0.1, -0.05) is 13.8 Å². The van der Waals surface area contributed by atoms with Gasteiger partial charge in [0.2, 0.25) is 0 Å². The monoisotopic (exact) mass is 270 g/mol. The Morgan fingerprint density at radius 3 is 2.60 bits per heavy atom. The van der Waals surface area contributed by atoms with E-state index in [-0.39, 0.29) is 0 Å². The third kappa shape index (κ3) is 2.07. The maximum atomic E-state index is 4.72. The van der Waals surface area contributed by atoms with Crippen LogP contribution in [-0.4, -0.2) is 29.3 Å². The van der Waals surface area contributed by atoms with Crippen LogP contribution in [0.1, 0.15) is 32.7 Å². The number of rotatable bonds is 4. The van der Waals surface area contributed by atoms with Crippen LogP contribution in [0.5, 0.6) is 0 Å². The molecular weight excluding hydrogens is 252 g/mol. The molecule has 0 saturated carbocycles. The van der Waals surface area contributed by atoms with Gasteiger partial charge < -0.3 is 4.57 Å². The SMILES string of the molecule is CCC(CC)n1cnc2ncc(-c3cnn(C)c3)nc21. The lowest BCUT2D eigenvalue weighted by Crippen LogP contribution is -2.06. The lowest BCUT2D eigenvalue weighted by molar-refractivity contribution is 0.480. The predicted molar refractivity (Wildman–Crippen MR) is 77.1 cm³/mol. The average molecular weight is 270 g/mol. The highest BCUT2D eigenvalue weighted by Crippen LogP contribution is 2.22. The van der Waals surface area contributed by atoms with Crippen LogP contribution < -0.4 is 0 Å². The molecule has 104 valence electrons. The van der Waals surface area contributed by atoms with E-state index in [1.54, 1.807) is 17.1 Å². The number of imidazole rings is 1. The number of fused-ring (bicyclic) bond motifs is 1. The Labute approximate surface area is 117 Å². The second kappa shape index (κ2) is 5.03. The summed E-state index contributed by atoms with van der Waals surface area (Å²) < 4.78 is 3.89. The Balaban J connectivity index is 2.11. The number of hydrogen-bond donors (Lipinski definition) is 0. The molecule has 0 spiro atoms. The molecule has 0 amide bonds. The maximum Gasteiger partial charge on any atom is 0.197 e. The van der Waals surface area contributed by atoms with Crippen LogP contribution in [-0.2, 0) is 7.05 Å². The first-order valence-corrected chi connectivity index (χ1v) is 6.91. The fourth-order valence-corrected chi connectivity index (χ4v) is 2.45. The van der Waals surface area contributed by atoms with Crippen molar-refractivity contribution in [1.82, 2.24) is 29.3 Å². The summed E-state index contributed by atoms with van der Waals surface area (Å²) >= 11 is 0. The normalized spacial score (nSPS) is 11.6. The van der Waals surface area contributed by atoms with Gasteiger partial charge in [-0.2, -0.15) is 5.10 Å². The molecular formula is C14H18N6. The van der Waals surface area contributed by atoms with E-state index in [0.29, 0.717) is 11.7 Å². The fourth-order valence-electron chi connectivity index (χ4n) is 2.45. The van der Waals surface area contributed by atoms with Gasteiger partial charge in [0.1, 0.15) is 0 Å². The van der Waals surface area contributed by atoms with E-state index >= 15 is 0 Å². The van der Waals surface area contributed by atoms with Crippen molar-refractivity contribution in [2.45, 2.75) is 32.7 Å². The average Bonchev–Trinajstić information content (AvgIpc) is 3.07. The van der Waals surface area contributed by atoms with Crippen LogP contribution in [0.25, 0.3) is 22.6 Å². The summed E-state index contributed by atoms with van der Waals surface area (Å²) in [5, 5.41) is 4.18. The fraction of sp³-hybridized carbons (Fsp3) is 0.429. The molecule has 0 aliphatic heterocycles. The zero-order chi connectivity index (χ0) is 14.1. The van der Waals surface area contributed by atoms with Crippen LogP contribution >= 0.6 is 0 Å². The molecule has 0 N–H and O–H groups in total. The molecule has 3 heterocycles. The van der Waals surface area contributed by atoms with Gasteiger partial charge in [-0.3, -0.25) is 4.68 Å². The number of hydrogen-bond acceptors (Lipinski definition) is 4. The Morgan fingerprint density at radius 2 is 1.95 bits per heavy atom. The first-order valence-electron chi connectivity index (χ1n) is 6.91. The molecule has 0 aliphatic carbocycles. The zero-order valence-corrected chi connectivity index (χ0v) is 12.0. The Bertz CT molecular complexity index is 722. The quantitative estimate of drug-likeness (QED) is 0.731. The summed E-state index contributed by atoms with van der Waals surface area (Å²) in [7, 11) is 1.89. The summed E-state index contributed by atoms with van der Waals surface area (Å²) in [6, 6.07) is 0.415. The van der Waals surface area contributed by atoms with Crippen molar-refractivity contribution in [3.8, 4) is 11.3 Å². The lowest BCUT2D eigenvalue weighted by atomic mass is 10.2. The smallest absolute Gasteiger partial charge is 0.197 e. The van der Waals surface area contributed by atoms with Crippen molar-refractivity contribution < 1.29 is 0 Å². The maximum absolute atomic E-state index is 4.72. The third-order valence-corrected chi connectivity index (χ3v) is 3.62. The molecule has 6 heteroatoms. The molecule has 3 aromatic rings. The molecule has 3 aromatic heterocycles. The number of nitrogens with zero attached hydrogens (tertiary/aromatic N) is 6. The predicted octanol–water partition coefficient (Wildman–Crippen LogP) is 2.59. The van der Waals surface area contributed by atoms with Gasteiger partial charge in [0.25, 0.3) is 0 Å². The molecule has 6 nitrogen and oxygen atoms in total. The summed E-state index contributed by atoms with van der Waals surface area (Å²) in [6.45, 7) is 4.36. The van der Waals surface area contributed by atoms with E-state index in [0.717, 1.165) is 29.7 Å². The highest BCUT2D eigenvalue weighted by atomic mass is 15.2. The minimum atomic E-state index is 0.415. The van der Waals surface area contributed by atoms with Gasteiger partial charge in [-0.25, -0.2) is 15.0 Å². The van der Waals surface area contributed by atoms with Crippen molar-refractivity contribution in [3.05, 3.63) is 24.9 Å². The van der Waals surface area contributed by atoms with Gasteiger partial charge in [-0.15, -0.1) is 0 Å². The highest BCUT2D eigenvalue weighted by molar-refractivity contribution is 5.70. The topological polar surface area (TPSA) is 61.4 Å². The van der Waals surface area contributed by atoms with Crippen molar-refractivity contribution >= 4 is 11.3 Å². The van der Waals surface area contributed by atoms with Gasteiger partial charge in [0.15, 0.2) is 11.3 Å². The van der Waals surface area contributed by atoms with Crippen LogP contribution in [0, 0.1) is 0 Å². The van der Waals surface area contributed by atoms with Crippen LogP contribution in [0.3, 0.4) is 0 Å². The zero-order valence-electron chi connectivity index (χ0n) is 12.0. The minimum absolute atomic E-state index is 0.415. The third-order valence-electron chi connectivity index (χ3n) is 3.62. The summed E-state index contributed by atoms with van der Waals surface area (Å²) in [5.74, 6) is 0. The number of aromatic nitrogens is 6. The Hall–Kier alpha value is -2.24. The van der Waals surface area contributed by atoms with E-state index < -0.39 is 0 Å². The number of aryl methyl sites for hydroxylation is 1. The van der Waals surface area contributed by atoms with Crippen molar-refractivity contribution in [3.63, 3.8) is 0 Å². The molecule has 0 atom stereocenters. The van der Waals surface area contributed by atoms with Crippen LogP contribution in [0.2, 0.25) is 0 Å².